The molecule has 0 aromatic heterocycles. The lowest BCUT2D eigenvalue weighted by molar-refractivity contribution is -0.514. The van der Waals surface area contributed by atoms with Crippen LogP contribution in [0.4, 0.5) is 0 Å². The lowest BCUT2D eigenvalue weighted by Crippen LogP contribution is -2.17. The molecule has 0 atom stereocenters. The SMILES string of the molecule is [CH2+]CCCCCC[C+]=C([O-])[O-]. The van der Waals surface area contributed by atoms with Gasteiger partial charge in [-0.05, 0) is 25.7 Å². The van der Waals surface area contributed by atoms with Crippen LogP contribution in [-0.4, -0.2) is 0 Å². The van der Waals surface area contributed by atoms with E-state index in [1.165, 1.54) is 0 Å². The molecule has 0 saturated carbocycles. The van der Waals surface area contributed by atoms with Gasteiger partial charge in [0.05, 0.1) is 19.3 Å². The number of hydrogen-bond acceptors (Lipinski definition) is 2. The van der Waals surface area contributed by atoms with Crippen molar-refractivity contribution in [3.63, 3.8) is 0 Å². The van der Waals surface area contributed by atoms with Crippen LogP contribution in [0, 0.1) is 13.0 Å². The molecule has 0 aliphatic heterocycles. The molecular formula is C9H14O2. The van der Waals surface area contributed by atoms with E-state index in [9.17, 15) is 10.2 Å². The molecule has 0 aliphatic rings. The molecule has 0 aromatic rings. The predicted octanol–water partition coefficient (Wildman–Crippen LogP) is 0.526. The predicted molar refractivity (Wildman–Crippen MR) is 39.8 cm³/mol. The van der Waals surface area contributed by atoms with Crippen LogP contribution < -0.4 is 10.2 Å². The second-order valence-electron chi connectivity index (χ2n) is 2.48. The van der Waals surface area contributed by atoms with E-state index in [0.29, 0.717) is 6.42 Å². The molecular weight excluding hydrogens is 140 g/mol. The Morgan fingerprint density at radius 1 is 1.09 bits per heavy atom. The lowest BCUT2D eigenvalue weighted by Gasteiger charge is -2.00. The van der Waals surface area contributed by atoms with E-state index in [4.69, 9.17) is 0 Å². The average molecular weight is 154 g/mol. The Morgan fingerprint density at radius 3 is 2.27 bits per heavy atom. The van der Waals surface area contributed by atoms with Crippen LogP contribution in [0.2, 0.25) is 0 Å². The van der Waals surface area contributed by atoms with E-state index >= 15 is 0 Å². The molecule has 0 spiro atoms. The summed E-state index contributed by atoms with van der Waals surface area (Å²) in [6.45, 7) is 3.71. The first-order chi connectivity index (χ1) is 5.27. The number of unbranched alkanes of at least 4 members (excludes halogenated alkanes) is 5. The fraction of sp³-hybridized carbons (Fsp3) is 0.667. The summed E-state index contributed by atoms with van der Waals surface area (Å²) in [5.74, 6) is -1.18. The van der Waals surface area contributed by atoms with Crippen molar-refractivity contribution >= 4 is 0 Å². The zero-order chi connectivity index (χ0) is 8.53. The van der Waals surface area contributed by atoms with Crippen LogP contribution in [0.25, 0.3) is 0 Å². The fourth-order valence-corrected chi connectivity index (χ4v) is 0.846. The summed E-state index contributed by atoms with van der Waals surface area (Å²) in [5.41, 5.74) is 0. The van der Waals surface area contributed by atoms with Gasteiger partial charge in [-0.1, -0.05) is 0 Å². The molecule has 0 radical (unpaired) electrons. The monoisotopic (exact) mass is 154 g/mol. The molecule has 0 bridgehead atoms. The van der Waals surface area contributed by atoms with Crippen LogP contribution in [0.1, 0.15) is 38.5 Å². The Hall–Kier alpha value is -0.880. The van der Waals surface area contributed by atoms with E-state index in [0.717, 1.165) is 32.1 Å². The molecule has 62 valence electrons. The van der Waals surface area contributed by atoms with Crippen LogP contribution in [0.15, 0.2) is 5.95 Å². The first kappa shape index (κ1) is 10.1. The van der Waals surface area contributed by atoms with Gasteiger partial charge in [-0.15, -0.1) is 0 Å². The third kappa shape index (κ3) is 9.12. The molecule has 0 fully saturated rings. The van der Waals surface area contributed by atoms with Crippen molar-refractivity contribution in [2.24, 2.45) is 0 Å². The largest absolute Gasteiger partial charge is 0.844 e. The first-order valence-electron chi connectivity index (χ1n) is 4.01. The zero-order valence-electron chi connectivity index (χ0n) is 6.77. The smallest absolute Gasteiger partial charge is 0.199 e. The average Bonchev–Trinajstić information content (AvgIpc) is 1.96. The minimum Gasteiger partial charge on any atom is -0.844 e. The summed E-state index contributed by atoms with van der Waals surface area (Å²) in [7, 11) is 0. The topological polar surface area (TPSA) is 46.1 Å². The molecule has 0 amide bonds. The third-order valence-electron chi connectivity index (χ3n) is 1.45. The highest BCUT2D eigenvalue weighted by Gasteiger charge is 1.93. The van der Waals surface area contributed by atoms with Crippen LogP contribution in [-0.2, 0) is 0 Å². The second-order valence-corrected chi connectivity index (χ2v) is 2.48. The van der Waals surface area contributed by atoms with Crippen LogP contribution in [0.3, 0.4) is 0 Å². The highest BCUT2D eigenvalue weighted by Crippen LogP contribution is 2.04. The number of hydrogen-bond donors (Lipinski definition) is 0. The van der Waals surface area contributed by atoms with Gasteiger partial charge in [0.15, 0.2) is 12.5 Å². The Bertz CT molecular complexity index is 104. The van der Waals surface area contributed by atoms with E-state index in [-0.39, 0.29) is 0 Å². The van der Waals surface area contributed by atoms with Gasteiger partial charge in [0, 0.05) is 0 Å². The van der Waals surface area contributed by atoms with Gasteiger partial charge in [0.1, 0.15) is 0 Å². The van der Waals surface area contributed by atoms with Gasteiger partial charge in [-0.25, -0.2) is 0 Å². The minimum atomic E-state index is -1.18. The minimum absolute atomic E-state index is 0.513. The molecule has 0 rings (SSSR count). The van der Waals surface area contributed by atoms with Crippen molar-refractivity contribution in [2.45, 2.75) is 38.5 Å². The zero-order valence-corrected chi connectivity index (χ0v) is 6.77. The van der Waals surface area contributed by atoms with Crippen molar-refractivity contribution in [1.29, 1.82) is 0 Å². The molecule has 2 nitrogen and oxygen atoms in total. The quantitative estimate of drug-likeness (QED) is 0.318. The normalized spacial score (nSPS) is 9.09. The summed E-state index contributed by atoms with van der Waals surface area (Å²) >= 11 is 0. The van der Waals surface area contributed by atoms with E-state index in [1.54, 1.807) is 0 Å². The van der Waals surface area contributed by atoms with Gasteiger partial charge >= 0.3 is 0 Å². The molecule has 0 N–H and O–H groups in total. The van der Waals surface area contributed by atoms with E-state index < -0.39 is 5.95 Å². The molecule has 0 aliphatic carbocycles. The van der Waals surface area contributed by atoms with Gasteiger partial charge in [-0.3, -0.25) is 0 Å². The second kappa shape index (κ2) is 7.23. The Kier molecular flexibility index (Phi) is 6.65. The highest BCUT2D eigenvalue weighted by atomic mass is 16.5. The maximum Gasteiger partial charge on any atom is 0.199 e. The van der Waals surface area contributed by atoms with Crippen molar-refractivity contribution < 1.29 is 10.2 Å². The molecule has 0 aromatic carbocycles. The summed E-state index contributed by atoms with van der Waals surface area (Å²) in [4.78, 5) is 0. The maximum absolute atomic E-state index is 9.86. The third-order valence-corrected chi connectivity index (χ3v) is 1.45. The van der Waals surface area contributed by atoms with Crippen LogP contribution >= 0.6 is 0 Å². The lowest BCUT2D eigenvalue weighted by atomic mass is 10.1. The van der Waals surface area contributed by atoms with E-state index in [2.05, 4.69) is 13.0 Å². The summed E-state index contributed by atoms with van der Waals surface area (Å²) in [6.07, 6.45) is 7.92. The number of rotatable bonds is 6. The summed E-state index contributed by atoms with van der Waals surface area (Å²) < 4.78 is 0. The summed E-state index contributed by atoms with van der Waals surface area (Å²) in [6, 6.07) is 0. The highest BCUT2D eigenvalue weighted by molar-refractivity contribution is 4.65. The first-order valence-corrected chi connectivity index (χ1v) is 4.01. The molecule has 0 saturated heterocycles. The number of allylic oxidation sites excluding steroid dienone is 1. The molecule has 0 heterocycles. The Labute approximate surface area is 68.6 Å². The van der Waals surface area contributed by atoms with Crippen molar-refractivity contribution in [1.82, 2.24) is 0 Å². The fourth-order valence-electron chi connectivity index (χ4n) is 0.846. The molecule has 0 unspecified atom stereocenters. The standard InChI is InChI=1S/C9H14O2/c1-2-3-4-5-6-7-8-9(10)11/h1-7H2. The molecule has 2 heteroatoms. The van der Waals surface area contributed by atoms with Gasteiger partial charge in [-0.2, -0.15) is 0 Å². The van der Waals surface area contributed by atoms with Gasteiger partial charge < -0.3 is 10.2 Å². The van der Waals surface area contributed by atoms with Crippen LogP contribution in [0.5, 0.6) is 0 Å². The van der Waals surface area contributed by atoms with Crippen molar-refractivity contribution in [3.8, 4) is 0 Å². The Morgan fingerprint density at radius 2 is 1.73 bits per heavy atom. The van der Waals surface area contributed by atoms with E-state index in [1.807, 2.05) is 0 Å². The van der Waals surface area contributed by atoms with Gasteiger partial charge in [0.2, 0.25) is 0 Å². The Balaban J connectivity index is 2.97. The van der Waals surface area contributed by atoms with Crippen molar-refractivity contribution in [3.05, 3.63) is 18.9 Å². The summed E-state index contributed by atoms with van der Waals surface area (Å²) in [5, 5.41) is 19.7. The van der Waals surface area contributed by atoms with Crippen molar-refractivity contribution in [2.75, 3.05) is 0 Å². The maximum atomic E-state index is 9.86. The molecule has 11 heavy (non-hydrogen) atoms. The van der Waals surface area contributed by atoms with Gasteiger partial charge in [0.25, 0.3) is 0 Å².